The molecule has 0 aliphatic carbocycles. The number of rotatable bonds is 4. The number of fused-ring (bicyclic) bond motifs is 1. The molecule has 78 valence electrons. The molecule has 0 saturated heterocycles. The highest BCUT2D eigenvalue weighted by atomic mass is 32.2. The third-order valence-corrected chi connectivity index (χ3v) is 3.46. The van der Waals surface area contributed by atoms with Crippen LogP contribution in [0.5, 0.6) is 0 Å². The van der Waals surface area contributed by atoms with Crippen LogP contribution in [-0.2, 0) is 0 Å². The van der Waals surface area contributed by atoms with E-state index < -0.39 is 0 Å². The van der Waals surface area contributed by atoms with Crippen molar-refractivity contribution < 1.29 is 0 Å². The van der Waals surface area contributed by atoms with Gasteiger partial charge in [-0.3, -0.25) is 0 Å². The largest absolute Gasteiger partial charge is 0.236 e. The lowest BCUT2D eigenvalue weighted by Crippen LogP contribution is -1.88. The molecule has 0 atom stereocenters. The molecule has 2 aromatic rings. The summed E-state index contributed by atoms with van der Waals surface area (Å²) in [5.74, 6) is 1.99. The number of aromatic nitrogens is 2. The molecule has 0 aliphatic heterocycles. The Morgan fingerprint density at radius 3 is 2.93 bits per heavy atom. The van der Waals surface area contributed by atoms with E-state index in [9.17, 15) is 0 Å². The van der Waals surface area contributed by atoms with Crippen molar-refractivity contribution in [1.29, 1.82) is 0 Å². The van der Waals surface area contributed by atoms with Crippen LogP contribution >= 0.6 is 24.4 Å². The Morgan fingerprint density at radius 2 is 2.07 bits per heavy atom. The molecule has 0 saturated carbocycles. The average molecular weight is 236 g/mol. The maximum atomic E-state index is 4.31. The zero-order chi connectivity index (χ0) is 10.5. The van der Waals surface area contributed by atoms with Crippen LogP contribution < -0.4 is 0 Å². The van der Waals surface area contributed by atoms with E-state index >= 15 is 0 Å². The van der Waals surface area contributed by atoms with Gasteiger partial charge in [0.25, 0.3) is 0 Å². The molecule has 0 amide bonds. The van der Waals surface area contributed by atoms with Gasteiger partial charge in [-0.1, -0.05) is 18.2 Å². The number of hydrogen-bond donors (Lipinski definition) is 1. The molecular formula is C11H12N2S2. The molecule has 0 radical (unpaired) electrons. The topological polar surface area (TPSA) is 25.8 Å². The van der Waals surface area contributed by atoms with E-state index in [1.165, 1.54) is 0 Å². The van der Waals surface area contributed by atoms with Gasteiger partial charge >= 0.3 is 0 Å². The van der Waals surface area contributed by atoms with Gasteiger partial charge in [0.1, 0.15) is 11.4 Å². The first kappa shape index (κ1) is 10.8. The van der Waals surface area contributed by atoms with E-state index in [4.69, 9.17) is 0 Å². The Kier molecular flexibility index (Phi) is 3.86. The van der Waals surface area contributed by atoms with Crippen molar-refractivity contribution in [3.8, 4) is 0 Å². The third-order valence-electron chi connectivity index (χ3n) is 2.05. The van der Waals surface area contributed by atoms with Gasteiger partial charge in [-0.2, -0.15) is 12.6 Å². The molecule has 2 nitrogen and oxygen atoms in total. The molecule has 0 fully saturated rings. The van der Waals surface area contributed by atoms with Crippen molar-refractivity contribution in [3.05, 3.63) is 30.6 Å². The number of benzene rings is 1. The fourth-order valence-corrected chi connectivity index (χ4v) is 2.63. The molecule has 1 heterocycles. The molecular weight excluding hydrogens is 224 g/mol. The fourth-order valence-electron chi connectivity index (χ4n) is 1.33. The van der Waals surface area contributed by atoms with Crippen LogP contribution in [0.1, 0.15) is 6.42 Å². The average Bonchev–Trinajstić information content (AvgIpc) is 2.30. The van der Waals surface area contributed by atoms with Crippen LogP contribution in [0.2, 0.25) is 0 Å². The molecule has 0 bridgehead atoms. The lowest BCUT2D eigenvalue weighted by atomic mass is 10.2. The van der Waals surface area contributed by atoms with Gasteiger partial charge in [0, 0.05) is 11.1 Å². The van der Waals surface area contributed by atoms with E-state index in [0.29, 0.717) is 0 Å². The summed E-state index contributed by atoms with van der Waals surface area (Å²) in [4.78, 5) is 8.54. The molecule has 0 spiro atoms. The highest BCUT2D eigenvalue weighted by Gasteiger charge is 2.02. The SMILES string of the molecule is SCCCSc1ncnc2ccccc12. The molecule has 15 heavy (non-hydrogen) atoms. The lowest BCUT2D eigenvalue weighted by molar-refractivity contribution is 1.08. The van der Waals surface area contributed by atoms with Crippen LogP contribution in [0, 0.1) is 0 Å². The summed E-state index contributed by atoms with van der Waals surface area (Å²) in [6, 6.07) is 8.10. The van der Waals surface area contributed by atoms with Crippen LogP contribution in [-0.4, -0.2) is 21.5 Å². The monoisotopic (exact) mass is 236 g/mol. The second-order valence-electron chi connectivity index (χ2n) is 3.12. The third kappa shape index (κ3) is 2.63. The second-order valence-corrected chi connectivity index (χ2v) is 4.65. The van der Waals surface area contributed by atoms with Crippen molar-refractivity contribution in [2.24, 2.45) is 0 Å². The number of thioether (sulfide) groups is 1. The zero-order valence-electron chi connectivity index (χ0n) is 8.26. The Bertz CT molecular complexity index is 440. The number of hydrogen-bond acceptors (Lipinski definition) is 4. The standard InChI is InChI=1S/C11H12N2S2/c14-6-3-7-15-11-9-4-1-2-5-10(9)12-8-13-11/h1-2,4-5,8,14H,3,6-7H2. The normalized spacial score (nSPS) is 10.7. The summed E-state index contributed by atoms with van der Waals surface area (Å²) in [6.45, 7) is 0. The van der Waals surface area contributed by atoms with Gasteiger partial charge in [-0.05, 0) is 18.2 Å². The lowest BCUT2D eigenvalue weighted by Gasteiger charge is -2.03. The molecule has 0 N–H and O–H groups in total. The van der Waals surface area contributed by atoms with E-state index in [1.807, 2.05) is 18.2 Å². The van der Waals surface area contributed by atoms with Crippen molar-refractivity contribution in [2.75, 3.05) is 11.5 Å². The highest BCUT2D eigenvalue weighted by molar-refractivity contribution is 7.99. The molecule has 1 aromatic heterocycles. The van der Waals surface area contributed by atoms with Crippen molar-refractivity contribution in [1.82, 2.24) is 9.97 Å². The van der Waals surface area contributed by atoms with Gasteiger partial charge in [0.2, 0.25) is 0 Å². The number of thiol groups is 1. The summed E-state index contributed by atoms with van der Waals surface area (Å²) >= 11 is 5.97. The molecule has 0 aliphatic rings. The maximum absolute atomic E-state index is 4.31. The summed E-state index contributed by atoms with van der Waals surface area (Å²) in [7, 11) is 0. The van der Waals surface area contributed by atoms with E-state index in [1.54, 1.807) is 18.1 Å². The summed E-state index contributed by atoms with van der Waals surface area (Å²) in [5, 5.41) is 2.21. The highest BCUT2D eigenvalue weighted by Crippen LogP contribution is 2.24. The maximum Gasteiger partial charge on any atom is 0.117 e. The molecule has 0 unspecified atom stereocenters. The molecule has 2 rings (SSSR count). The van der Waals surface area contributed by atoms with E-state index in [0.717, 1.165) is 33.9 Å². The quantitative estimate of drug-likeness (QED) is 0.382. The van der Waals surface area contributed by atoms with Gasteiger partial charge in [-0.15, -0.1) is 11.8 Å². The Hall–Kier alpha value is -0.740. The van der Waals surface area contributed by atoms with Crippen LogP contribution in [0.4, 0.5) is 0 Å². The first-order valence-corrected chi connectivity index (χ1v) is 6.47. The predicted octanol–water partition coefficient (Wildman–Crippen LogP) is 3.04. The predicted molar refractivity (Wildman–Crippen MR) is 68.7 cm³/mol. The minimum absolute atomic E-state index is 0.927. The zero-order valence-corrected chi connectivity index (χ0v) is 9.97. The van der Waals surface area contributed by atoms with Gasteiger partial charge < -0.3 is 0 Å². The first-order chi connectivity index (χ1) is 7.42. The number of nitrogens with zero attached hydrogens (tertiary/aromatic N) is 2. The molecule has 4 heteroatoms. The Labute approximate surface area is 98.9 Å². The van der Waals surface area contributed by atoms with Crippen molar-refractivity contribution >= 4 is 35.3 Å². The minimum Gasteiger partial charge on any atom is -0.236 e. The second kappa shape index (κ2) is 5.37. The van der Waals surface area contributed by atoms with Gasteiger partial charge in [0.15, 0.2) is 0 Å². The van der Waals surface area contributed by atoms with Crippen molar-refractivity contribution in [3.63, 3.8) is 0 Å². The minimum atomic E-state index is 0.927. The van der Waals surface area contributed by atoms with Crippen molar-refractivity contribution in [2.45, 2.75) is 11.4 Å². The Morgan fingerprint density at radius 1 is 1.20 bits per heavy atom. The first-order valence-electron chi connectivity index (χ1n) is 4.85. The summed E-state index contributed by atoms with van der Waals surface area (Å²) in [6.07, 6.45) is 2.73. The van der Waals surface area contributed by atoms with Crippen LogP contribution in [0.25, 0.3) is 10.9 Å². The van der Waals surface area contributed by atoms with Crippen LogP contribution in [0.15, 0.2) is 35.6 Å². The summed E-state index contributed by atoms with van der Waals surface area (Å²) < 4.78 is 0. The van der Waals surface area contributed by atoms with Gasteiger partial charge in [0.05, 0.1) is 5.52 Å². The Balaban J connectivity index is 2.26. The number of para-hydroxylation sites is 1. The summed E-state index contributed by atoms with van der Waals surface area (Å²) in [5.41, 5.74) is 1.01. The molecule has 1 aromatic carbocycles. The smallest absolute Gasteiger partial charge is 0.117 e. The fraction of sp³-hybridized carbons (Fsp3) is 0.273. The van der Waals surface area contributed by atoms with Gasteiger partial charge in [-0.25, -0.2) is 9.97 Å². The van der Waals surface area contributed by atoms with E-state index in [-0.39, 0.29) is 0 Å². The van der Waals surface area contributed by atoms with E-state index in [2.05, 4.69) is 28.7 Å². The van der Waals surface area contributed by atoms with Crippen LogP contribution in [0.3, 0.4) is 0 Å².